The fraction of sp³-hybridized carbons (Fsp3) is 0.684. The molecular formula is C38H66N8O5. The summed E-state index contributed by atoms with van der Waals surface area (Å²) in [5.74, 6) is 1.49. The molecule has 2 aromatic carbocycles. The third-order valence-electron chi connectivity index (χ3n) is 11.0. The lowest BCUT2D eigenvalue weighted by Gasteiger charge is -2.42. The second-order valence-electron chi connectivity index (χ2n) is 14.1. The zero-order chi connectivity index (χ0) is 36.4. The van der Waals surface area contributed by atoms with Crippen LogP contribution < -0.4 is 25.0 Å². The van der Waals surface area contributed by atoms with E-state index in [0.717, 1.165) is 101 Å². The van der Waals surface area contributed by atoms with Gasteiger partial charge in [-0.1, -0.05) is 7.43 Å². The Bertz CT molecular complexity index is 1360. The molecule has 288 valence electrons. The van der Waals surface area contributed by atoms with Crippen LogP contribution in [0.15, 0.2) is 24.3 Å². The van der Waals surface area contributed by atoms with Gasteiger partial charge < -0.3 is 39.9 Å². The van der Waals surface area contributed by atoms with Gasteiger partial charge in [0, 0.05) is 115 Å². The van der Waals surface area contributed by atoms with Crippen LogP contribution in [0.2, 0.25) is 0 Å². The van der Waals surface area contributed by atoms with Gasteiger partial charge >= 0.3 is 0 Å². The van der Waals surface area contributed by atoms with Crippen molar-refractivity contribution in [3.63, 3.8) is 0 Å². The fourth-order valence-electron chi connectivity index (χ4n) is 7.69. The average molecular weight is 715 g/mol. The number of ether oxygens (including phenoxy) is 2. The molecule has 0 bridgehead atoms. The predicted molar refractivity (Wildman–Crippen MR) is 210 cm³/mol. The van der Waals surface area contributed by atoms with Crippen molar-refractivity contribution in [1.29, 1.82) is 0 Å². The Morgan fingerprint density at radius 1 is 0.667 bits per heavy atom. The number of benzene rings is 2. The summed E-state index contributed by atoms with van der Waals surface area (Å²) >= 11 is 0. The van der Waals surface area contributed by atoms with Gasteiger partial charge in [0.25, 0.3) is 5.69 Å². The highest BCUT2D eigenvalue weighted by atomic mass is 16.6. The first kappa shape index (κ1) is 42.1. The normalized spacial score (nSPS) is 20.0. The zero-order valence-electron chi connectivity index (χ0n) is 31.6. The average Bonchev–Trinajstić information content (AvgIpc) is 3.14. The number of piperidine rings is 2. The molecule has 4 saturated heterocycles. The van der Waals surface area contributed by atoms with Crippen LogP contribution in [0.4, 0.5) is 22.7 Å². The molecule has 0 saturated carbocycles. The first-order chi connectivity index (χ1) is 24.1. The van der Waals surface area contributed by atoms with E-state index in [4.69, 9.17) is 20.3 Å². The van der Waals surface area contributed by atoms with Crippen molar-refractivity contribution in [2.75, 3.05) is 129 Å². The number of hydrogen-bond acceptors (Lipinski definition) is 12. The van der Waals surface area contributed by atoms with Crippen LogP contribution in [0.5, 0.6) is 11.5 Å². The zero-order valence-corrected chi connectivity index (χ0v) is 31.6. The van der Waals surface area contributed by atoms with E-state index in [9.17, 15) is 10.1 Å². The summed E-state index contributed by atoms with van der Waals surface area (Å²) in [6.07, 6.45) is 4.72. The number of piperazine rings is 2. The monoisotopic (exact) mass is 715 g/mol. The lowest BCUT2D eigenvalue weighted by atomic mass is 10.0. The first-order valence-electron chi connectivity index (χ1n) is 18.1. The van der Waals surface area contributed by atoms with Crippen LogP contribution >= 0.6 is 0 Å². The number of aliphatic hydroxyl groups excluding tert-OH is 1. The number of methoxy groups -OCH3 is 2. The van der Waals surface area contributed by atoms with Gasteiger partial charge in [-0.15, -0.1) is 0 Å². The van der Waals surface area contributed by atoms with Gasteiger partial charge in [0.15, 0.2) is 0 Å². The van der Waals surface area contributed by atoms with Crippen LogP contribution in [0, 0.1) is 24.0 Å². The molecule has 6 rings (SSSR count). The third kappa shape index (κ3) is 10.8. The lowest BCUT2D eigenvalue weighted by Crippen LogP contribution is -2.52. The topological polar surface area (TPSA) is 127 Å². The van der Waals surface area contributed by atoms with E-state index in [-0.39, 0.29) is 18.0 Å². The molecule has 13 heteroatoms. The molecule has 0 unspecified atom stereocenters. The molecule has 4 heterocycles. The van der Waals surface area contributed by atoms with Gasteiger partial charge in [0.1, 0.15) is 11.5 Å². The second-order valence-corrected chi connectivity index (χ2v) is 14.1. The summed E-state index contributed by atoms with van der Waals surface area (Å²) in [5.41, 5.74) is 10.9. The largest absolute Gasteiger partial charge is 0.495 e. The molecule has 13 nitrogen and oxygen atoms in total. The molecule has 0 amide bonds. The van der Waals surface area contributed by atoms with Crippen molar-refractivity contribution in [3.05, 3.63) is 45.5 Å². The number of rotatable bonds is 7. The first-order valence-corrected chi connectivity index (χ1v) is 18.1. The van der Waals surface area contributed by atoms with Crippen LogP contribution in [-0.2, 0) is 0 Å². The van der Waals surface area contributed by atoms with E-state index in [0.29, 0.717) is 17.4 Å². The molecule has 2 aromatic rings. The highest BCUT2D eigenvalue weighted by Gasteiger charge is 2.30. The Morgan fingerprint density at radius 2 is 1.04 bits per heavy atom. The Labute approximate surface area is 307 Å². The number of anilines is 3. The number of nitro groups is 1. The van der Waals surface area contributed by atoms with Crippen molar-refractivity contribution in [3.8, 4) is 11.5 Å². The second kappa shape index (κ2) is 20.0. The summed E-state index contributed by atoms with van der Waals surface area (Å²) in [6, 6.07) is 8.96. The summed E-state index contributed by atoms with van der Waals surface area (Å²) in [5, 5.41) is 18.1. The quantitative estimate of drug-likeness (QED) is 0.243. The van der Waals surface area contributed by atoms with Crippen LogP contribution in [0.1, 0.15) is 44.2 Å². The fourth-order valence-corrected chi connectivity index (χ4v) is 7.69. The highest BCUT2D eigenvalue weighted by molar-refractivity contribution is 5.68. The van der Waals surface area contributed by atoms with Gasteiger partial charge in [0.2, 0.25) is 0 Å². The van der Waals surface area contributed by atoms with Gasteiger partial charge in [-0.05, 0) is 71.3 Å². The van der Waals surface area contributed by atoms with Crippen LogP contribution in [0.3, 0.4) is 0 Å². The minimum atomic E-state index is -0.346. The molecule has 0 spiro atoms. The smallest absolute Gasteiger partial charge is 0.276 e. The van der Waals surface area contributed by atoms with Crippen molar-refractivity contribution in [2.24, 2.45) is 0 Å². The predicted octanol–water partition coefficient (Wildman–Crippen LogP) is 4.17. The van der Waals surface area contributed by atoms with E-state index in [1.54, 1.807) is 27.2 Å². The third-order valence-corrected chi connectivity index (χ3v) is 11.0. The van der Waals surface area contributed by atoms with Crippen molar-refractivity contribution in [2.45, 2.75) is 59.0 Å². The Kier molecular flexibility index (Phi) is 16.5. The lowest BCUT2D eigenvalue weighted by molar-refractivity contribution is -0.385. The SMILES string of the molecule is C.CO.COc1cc(N)c(C)cc1N1CCC(N2CCN(C)CC2)CC1.COc1cc([N+](=O)[O-])c(C)cc1N1CCC(N2CCN(C)CC2)CC1. The van der Waals surface area contributed by atoms with Gasteiger partial charge in [-0.2, -0.15) is 0 Å². The van der Waals surface area contributed by atoms with Crippen molar-refractivity contribution < 1.29 is 19.5 Å². The molecule has 0 aromatic heterocycles. The maximum absolute atomic E-state index is 11.1. The molecule has 0 atom stereocenters. The van der Waals surface area contributed by atoms with Crippen molar-refractivity contribution in [1.82, 2.24) is 19.6 Å². The van der Waals surface area contributed by atoms with Gasteiger partial charge in [0.05, 0.1) is 36.6 Å². The number of aryl methyl sites for hydroxylation is 2. The van der Waals surface area contributed by atoms with Gasteiger partial charge in [-0.25, -0.2) is 0 Å². The molecule has 51 heavy (non-hydrogen) atoms. The van der Waals surface area contributed by atoms with Crippen LogP contribution in [0.25, 0.3) is 0 Å². The van der Waals surface area contributed by atoms with E-state index < -0.39 is 0 Å². The highest BCUT2D eigenvalue weighted by Crippen LogP contribution is 2.37. The standard InChI is InChI=1S/C18H28N4O3.C18H30N4O.CH4O.CH4/c1-14-12-17(18(25-3)13-16(14)22(23)24)21-6-4-15(5-7-21)20-10-8-19(2)9-11-20;1-14-12-17(18(23-3)13-16(14)19)22-6-4-15(5-7-22)21-10-8-20(2)9-11-21;1-2;/h12-13,15H,4-11H2,1-3H3;12-13,15H,4-11,19H2,1-3H3;2H,1H3;1H4. The van der Waals surface area contributed by atoms with E-state index in [1.807, 2.05) is 12.1 Å². The molecule has 0 radical (unpaired) electrons. The number of nitrogens with two attached hydrogens (primary N) is 1. The maximum atomic E-state index is 11.1. The number of aliphatic hydroxyl groups is 1. The number of hydrogen-bond donors (Lipinski definition) is 2. The molecular weight excluding hydrogens is 648 g/mol. The van der Waals surface area contributed by atoms with Crippen LogP contribution in [-0.4, -0.2) is 156 Å². The van der Waals surface area contributed by atoms with Crippen molar-refractivity contribution >= 4 is 22.7 Å². The number of nitrogens with zero attached hydrogens (tertiary/aromatic N) is 7. The molecule has 4 fully saturated rings. The Morgan fingerprint density at radius 3 is 1.41 bits per heavy atom. The number of likely N-dealkylation sites (N-methyl/N-ethyl adjacent to an activating group) is 2. The maximum Gasteiger partial charge on any atom is 0.276 e. The molecule has 4 aliphatic heterocycles. The van der Waals surface area contributed by atoms with E-state index in [1.165, 1.54) is 44.7 Å². The minimum absolute atomic E-state index is 0. The summed E-state index contributed by atoms with van der Waals surface area (Å²) < 4.78 is 11.0. The summed E-state index contributed by atoms with van der Waals surface area (Å²) in [6.45, 7) is 17.4. The minimum Gasteiger partial charge on any atom is -0.495 e. The summed E-state index contributed by atoms with van der Waals surface area (Å²) in [7, 11) is 8.71. The number of nitro benzene ring substituents is 1. The summed E-state index contributed by atoms with van der Waals surface area (Å²) in [4.78, 5) is 25.7. The molecule has 0 aliphatic carbocycles. The number of nitrogen functional groups attached to an aromatic ring is 1. The molecule has 3 N–H and O–H groups in total. The Hall–Kier alpha value is -3.36. The van der Waals surface area contributed by atoms with Gasteiger partial charge in [-0.3, -0.25) is 19.9 Å². The van der Waals surface area contributed by atoms with E-state index >= 15 is 0 Å². The van der Waals surface area contributed by atoms with E-state index in [2.05, 4.69) is 56.5 Å². The Balaban J connectivity index is 0.000000259. The molecule has 4 aliphatic rings.